The Morgan fingerprint density at radius 1 is 1.14 bits per heavy atom. The Bertz CT molecular complexity index is 475. The molecule has 0 amide bonds. The molecule has 0 unspecified atom stereocenters. The molecule has 1 aromatic rings. The molecule has 1 aromatic carbocycles. The maximum absolute atomic E-state index is 10.1. The number of unbranched alkanes of at least 4 members (excludes halogenated alkanes) is 1. The molecule has 4 nitrogen and oxygen atoms in total. The summed E-state index contributed by atoms with van der Waals surface area (Å²) in [6, 6.07) is 10.0. The van der Waals surface area contributed by atoms with E-state index >= 15 is 0 Å². The van der Waals surface area contributed by atoms with Crippen molar-refractivity contribution >= 4 is 18.0 Å². The maximum Gasteiger partial charge on any atom is 0.330 e. The zero-order valence-corrected chi connectivity index (χ0v) is 13.0. The van der Waals surface area contributed by atoms with Crippen LogP contribution in [0, 0.1) is 0 Å². The molecule has 120 valence electrons. The van der Waals surface area contributed by atoms with E-state index in [1.54, 1.807) is 0 Å². The van der Waals surface area contributed by atoms with Gasteiger partial charge in [-0.25, -0.2) is 9.59 Å². The van der Waals surface area contributed by atoms with Crippen LogP contribution in [0.4, 0.5) is 0 Å². The van der Waals surface area contributed by atoms with E-state index in [9.17, 15) is 9.59 Å². The van der Waals surface area contributed by atoms with Crippen molar-refractivity contribution in [2.45, 2.75) is 26.2 Å². The summed E-state index contributed by atoms with van der Waals surface area (Å²) in [6.07, 6.45) is 5.23. The zero-order chi connectivity index (χ0) is 17.4. The first-order valence-electron chi connectivity index (χ1n) is 6.82. The molecule has 0 saturated carbocycles. The van der Waals surface area contributed by atoms with E-state index in [0.29, 0.717) is 12.0 Å². The van der Waals surface area contributed by atoms with Crippen LogP contribution < -0.4 is 0 Å². The molecular weight excluding hydrogens is 280 g/mol. The molecule has 0 radical (unpaired) electrons. The minimum Gasteiger partial charge on any atom is -0.478 e. The van der Waals surface area contributed by atoms with Gasteiger partial charge in [-0.05, 0) is 18.4 Å². The maximum atomic E-state index is 10.1. The van der Waals surface area contributed by atoms with Gasteiger partial charge in [0.2, 0.25) is 0 Å². The van der Waals surface area contributed by atoms with Gasteiger partial charge >= 0.3 is 11.9 Å². The number of carbonyl (C=O) groups is 2. The fraction of sp³-hybridized carbons (Fsp3) is 0.222. The average molecular weight is 304 g/mol. The highest BCUT2D eigenvalue weighted by Crippen LogP contribution is 2.03. The van der Waals surface area contributed by atoms with Crippen molar-refractivity contribution < 1.29 is 19.8 Å². The molecule has 0 bridgehead atoms. The second-order valence-electron chi connectivity index (χ2n) is 4.17. The first-order valence-corrected chi connectivity index (χ1v) is 6.82. The second kappa shape index (κ2) is 14.8. The molecule has 22 heavy (non-hydrogen) atoms. The Balaban J connectivity index is 0. The molecule has 0 aliphatic heterocycles. The van der Waals surface area contributed by atoms with E-state index in [1.807, 2.05) is 43.3 Å². The van der Waals surface area contributed by atoms with E-state index in [0.717, 1.165) is 18.9 Å². The molecule has 4 heteroatoms. The summed E-state index contributed by atoms with van der Waals surface area (Å²) in [5, 5.41) is 15.9. The fourth-order valence-corrected chi connectivity index (χ4v) is 1.09. The van der Waals surface area contributed by atoms with E-state index in [4.69, 9.17) is 10.2 Å². The SMILES string of the molecule is C=C(CCCC)C(=O)O.C=CC(=O)O.C=Cc1ccccc1. The van der Waals surface area contributed by atoms with Gasteiger partial charge in [0.1, 0.15) is 0 Å². The van der Waals surface area contributed by atoms with Gasteiger partial charge in [-0.3, -0.25) is 0 Å². The lowest BCUT2D eigenvalue weighted by Crippen LogP contribution is -1.97. The van der Waals surface area contributed by atoms with Gasteiger partial charge < -0.3 is 10.2 Å². The van der Waals surface area contributed by atoms with Crippen LogP contribution in [-0.2, 0) is 9.59 Å². The van der Waals surface area contributed by atoms with E-state index < -0.39 is 11.9 Å². The molecule has 0 fully saturated rings. The molecule has 1 rings (SSSR count). The Kier molecular flexibility index (Phi) is 14.6. The van der Waals surface area contributed by atoms with Crippen LogP contribution in [0.2, 0.25) is 0 Å². The normalized spacial score (nSPS) is 8.23. The fourth-order valence-electron chi connectivity index (χ4n) is 1.09. The third kappa shape index (κ3) is 15.4. The molecule has 0 heterocycles. The molecule has 0 aliphatic carbocycles. The van der Waals surface area contributed by atoms with Crippen molar-refractivity contribution in [1.82, 2.24) is 0 Å². The lowest BCUT2D eigenvalue weighted by molar-refractivity contribution is -0.133. The standard InChI is InChI=1S/C8H8.C7H12O2.C3H4O2/c1-2-8-6-4-3-5-7-8;1-3-4-5-6(2)7(8)9;1-2-3(4)5/h2-7H,1H2;2-5H2,1H3,(H,8,9);2H,1H2,(H,4,5). The molecule has 0 atom stereocenters. The summed E-state index contributed by atoms with van der Waals surface area (Å²) in [5.41, 5.74) is 1.49. The van der Waals surface area contributed by atoms with Gasteiger partial charge in [0.15, 0.2) is 0 Å². The number of carboxylic acids is 2. The molecule has 0 aliphatic rings. The van der Waals surface area contributed by atoms with Crippen LogP contribution in [-0.4, -0.2) is 22.2 Å². The molecule has 2 N–H and O–H groups in total. The summed E-state index contributed by atoms with van der Waals surface area (Å²) in [6.45, 7) is 12.0. The van der Waals surface area contributed by atoms with E-state index in [1.165, 1.54) is 5.56 Å². The number of benzene rings is 1. The van der Waals surface area contributed by atoms with Crippen molar-refractivity contribution in [2.24, 2.45) is 0 Å². The summed E-state index contributed by atoms with van der Waals surface area (Å²) in [7, 11) is 0. The van der Waals surface area contributed by atoms with Crippen LogP contribution >= 0.6 is 0 Å². The number of rotatable bonds is 6. The first kappa shape index (κ1) is 21.7. The second-order valence-corrected chi connectivity index (χ2v) is 4.17. The van der Waals surface area contributed by atoms with Gasteiger partial charge in [0.25, 0.3) is 0 Å². The highest BCUT2D eigenvalue weighted by molar-refractivity contribution is 5.85. The van der Waals surface area contributed by atoms with Gasteiger partial charge in [-0.1, -0.05) is 69.5 Å². The van der Waals surface area contributed by atoms with Crippen LogP contribution in [0.3, 0.4) is 0 Å². The van der Waals surface area contributed by atoms with E-state index in [2.05, 4.69) is 19.7 Å². The highest BCUT2D eigenvalue weighted by Gasteiger charge is 2.00. The quantitative estimate of drug-likeness (QED) is 0.764. The van der Waals surface area contributed by atoms with Crippen molar-refractivity contribution in [3.8, 4) is 0 Å². The summed E-state index contributed by atoms with van der Waals surface area (Å²) in [4.78, 5) is 19.4. The average Bonchev–Trinajstić information content (AvgIpc) is 2.54. The molecule has 0 aromatic heterocycles. The van der Waals surface area contributed by atoms with Crippen LogP contribution in [0.1, 0.15) is 31.7 Å². The minimum atomic E-state index is -0.981. The van der Waals surface area contributed by atoms with Crippen molar-refractivity contribution in [2.75, 3.05) is 0 Å². The molecule has 0 spiro atoms. The van der Waals surface area contributed by atoms with E-state index in [-0.39, 0.29) is 0 Å². The monoisotopic (exact) mass is 304 g/mol. The van der Waals surface area contributed by atoms with Gasteiger partial charge in [0, 0.05) is 11.6 Å². The van der Waals surface area contributed by atoms with Crippen molar-refractivity contribution in [3.63, 3.8) is 0 Å². The van der Waals surface area contributed by atoms with Gasteiger partial charge in [0.05, 0.1) is 0 Å². The predicted octanol–water partition coefficient (Wildman–Crippen LogP) is 4.40. The zero-order valence-electron chi connectivity index (χ0n) is 13.0. The third-order valence-electron chi connectivity index (χ3n) is 2.34. The topological polar surface area (TPSA) is 74.6 Å². The van der Waals surface area contributed by atoms with Gasteiger partial charge in [-0.15, -0.1) is 0 Å². The van der Waals surface area contributed by atoms with Crippen molar-refractivity contribution in [1.29, 1.82) is 0 Å². The largest absolute Gasteiger partial charge is 0.478 e. The van der Waals surface area contributed by atoms with Crippen molar-refractivity contribution in [3.05, 3.63) is 67.3 Å². The predicted molar refractivity (Wildman–Crippen MR) is 90.7 cm³/mol. The summed E-state index contributed by atoms with van der Waals surface area (Å²) >= 11 is 0. The van der Waals surface area contributed by atoms with Gasteiger partial charge in [-0.2, -0.15) is 0 Å². The highest BCUT2D eigenvalue weighted by atomic mass is 16.4. The summed E-state index contributed by atoms with van der Waals surface area (Å²) < 4.78 is 0. The number of hydrogen-bond donors (Lipinski definition) is 2. The number of carboxylic acid groups (broad SMARTS) is 2. The lowest BCUT2D eigenvalue weighted by atomic mass is 10.1. The third-order valence-corrected chi connectivity index (χ3v) is 2.34. The molecule has 0 saturated heterocycles. The Morgan fingerprint density at radius 3 is 1.91 bits per heavy atom. The number of aliphatic carboxylic acids is 2. The summed E-state index contributed by atoms with van der Waals surface area (Å²) in [5.74, 6) is -1.85. The lowest BCUT2D eigenvalue weighted by Gasteiger charge is -1.95. The Labute approximate surface area is 132 Å². The smallest absolute Gasteiger partial charge is 0.330 e. The number of hydrogen-bond acceptors (Lipinski definition) is 2. The Hall–Kier alpha value is -2.62. The minimum absolute atomic E-state index is 0.317. The molecular formula is C18H24O4. The first-order chi connectivity index (χ1) is 10.4. The van der Waals surface area contributed by atoms with Crippen LogP contribution in [0.5, 0.6) is 0 Å². The Morgan fingerprint density at radius 2 is 1.64 bits per heavy atom. The van der Waals surface area contributed by atoms with Crippen LogP contribution in [0.15, 0.2) is 61.7 Å². The van der Waals surface area contributed by atoms with Crippen LogP contribution in [0.25, 0.3) is 6.08 Å².